The molecule has 2 heterocycles. The maximum Gasteiger partial charge on any atom is 0.318 e. The average Bonchev–Trinajstić information content (AvgIpc) is 2.74. The second-order valence-electron chi connectivity index (χ2n) is 4.78. The van der Waals surface area contributed by atoms with Crippen LogP contribution in [0.1, 0.15) is 24.3 Å². The van der Waals surface area contributed by atoms with E-state index >= 15 is 0 Å². The number of rotatable bonds is 2. The van der Waals surface area contributed by atoms with Gasteiger partial charge in [0.1, 0.15) is 5.41 Å². The first-order valence-electron chi connectivity index (χ1n) is 5.51. The van der Waals surface area contributed by atoms with Crippen LogP contribution in [-0.4, -0.2) is 28.4 Å². The zero-order valence-electron chi connectivity index (χ0n) is 9.90. The molecular formula is C12H15NO3S. The number of carbonyl (C=O) groups excluding carboxylic acids is 1. The fourth-order valence-electron chi connectivity index (χ4n) is 1.91. The molecule has 0 bridgehead atoms. The largest absolute Gasteiger partial charge is 0.480 e. The Balaban J connectivity index is 2.16. The molecule has 0 spiro atoms. The standard InChI is InChI=1S/C12H15NO3S/c1-12(2,11(15)16)10(14)13-5-3-9-8(7-13)4-6-17-9/h4,6H,3,5,7H2,1-2H3,(H,15,16). The first-order chi connectivity index (χ1) is 7.93. The predicted octanol–water partition coefficient (Wildman–Crippen LogP) is 1.74. The topological polar surface area (TPSA) is 57.6 Å². The van der Waals surface area contributed by atoms with Gasteiger partial charge in [0.25, 0.3) is 0 Å². The van der Waals surface area contributed by atoms with Crippen molar-refractivity contribution in [2.45, 2.75) is 26.8 Å². The Kier molecular flexibility index (Phi) is 2.95. The quantitative estimate of drug-likeness (QED) is 0.817. The van der Waals surface area contributed by atoms with E-state index in [9.17, 15) is 9.59 Å². The average molecular weight is 253 g/mol. The first-order valence-corrected chi connectivity index (χ1v) is 6.39. The Hall–Kier alpha value is -1.36. The van der Waals surface area contributed by atoms with Crippen LogP contribution in [0.3, 0.4) is 0 Å². The highest BCUT2D eigenvalue weighted by Crippen LogP contribution is 2.27. The number of thiophene rings is 1. The number of carboxylic acids is 1. The predicted molar refractivity (Wildman–Crippen MR) is 64.9 cm³/mol. The van der Waals surface area contributed by atoms with E-state index in [1.165, 1.54) is 18.7 Å². The Morgan fingerprint density at radius 2 is 2.18 bits per heavy atom. The highest BCUT2D eigenvalue weighted by molar-refractivity contribution is 7.10. The van der Waals surface area contributed by atoms with Gasteiger partial charge in [0.2, 0.25) is 5.91 Å². The first kappa shape index (κ1) is 12.1. The van der Waals surface area contributed by atoms with Gasteiger partial charge >= 0.3 is 5.97 Å². The molecular weight excluding hydrogens is 238 g/mol. The minimum absolute atomic E-state index is 0.304. The lowest BCUT2D eigenvalue weighted by Crippen LogP contribution is -2.46. The van der Waals surface area contributed by atoms with Crippen LogP contribution in [0.5, 0.6) is 0 Å². The summed E-state index contributed by atoms with van der Waals surface area (Å²) in [4.78, 5) is 26.1. The van der Waals surface area contributed by atoms with E-state index < -0.39 is 11.4 Å². The summed E-state index contributed by atoms with van der Waals surface area (Å²) in [5.41, 5.74) is -0.191. The van der Waals surface area contributed by atoms with Gasteiger partial charge in [-0.1, -0.05) is 0 Å². The van der Waals surface area contributed by atoms with E-state index in [0.717, 1.165) is 12.0 Å². The number of aliphatic carboxylic acids is 1. The van der Waals surface area contributed by atoms with Crippen molar-refractivity contribution in [3.05, 3.63) is 21.9 Å². The van der Waals surface area contributed by atoms with E-state index in [1.54, 1.807) is 16.2 Å². The lowest BCUT2D eigenvalue weighted by molar-refractivity contribution is -0.158. The molecule has 0 saturated heterocycles. The Morgan fingerprint density at radius 1 is 1.47 bits per heavy atom. The number of hydrogen-bond donors (Lipinski definition) is 1. The van der Waals surface area contributed by atoms with Crippen molar-refractivity contribution in [1.29, 1.82) is 0 Å². The number of fused-ring (bicyclic) bond motifs is 1. The fourth-order valence-corrected chi connectivity index (χ4v) is 2.80. The summed E-state index contributed by atoms with van der Waals surface area (Å²) >= 11 is 1.70. The maximum atomic E-state index is 12.1. The van der Waals surface area contributed by atoms with Crippen LogP contribution in [0, 0.1) is 5.41 Å². The third kappa shape index (κ3) is 2.07. The van der Waals surface area contributed by atoms with Gasteiger partial charge < -0.3 is 10.0 Å². The second-order valence-corrected chi connectivity index (χ2v) is 5.78. The number of hydrogen-bond acceptors (Lipinski definition) is 3. The molecule has 1 aromatic heterocycles. The van der Waals surface area contributed by atoms with E-state index in [1.807, 2.05) is 11.4 Å². The van der Waals surface area contributed by atoms with Crippen molar-refractivity contribution in [2.75, 3.05) is 6.54 Å². The monoisotopic (exact) mass is 253 g/mol. The van der Waals surface area contributed by atoms with Crippen molar-refractivity contribution in [1.82, 2.24) is 4.90 Å². The number of amides is 1. The molecule has 0 unspecified atom stereocenters. The molecule has 0 aromatic carbocycles. The van der Waals surface area contributed by atoms with Gasteiger partial charge in [0, 0.05) is 18.0 Å². The maximum absolute atomic E-state index is 12.1. The molecule has 0 atom stereocenters. The van der Waals surface area contributed by atoms with Crippen molar-refractivity contribution in [2.24, 2.45) is 5.41 Å². The summed E-state index contributed by atoms with van der Waals surface area (Å²) in [6.07, 6.45) is 0.828. The summed E-state index contributed by atoms with van der Waals surface area (Å²) in [5.74, 6) is -1.37. The van der Waals surface area contributed by atoms with Crippen LogP contribution in [0.4, 0.5) is 0 Å². The highest BCUT2D eigenvalue weighted by Gasteiger charge is 2.40. The molecule has 0 fully saturated rings. The van der Waals surface area contributed by atoms with Gasteiger partial charge in [0.05, 0.1) is 0 Å². The van der Waals surface area contributed by atoms with Crippen molar-refractivity contribution < 1.29 is 14.7 Å². The molecule has 1 aliphatic heterocycles. The van der Waals surface area contributed by atoms with Gasteiger partial charge in [-0.25, -0.2) is 0 Å². The van der Waals surface area contributed by atoms with Crippen LogP contribution >= 0.6 is 11.3 Å². The van der Waals surface area contributed by atoms with Crippen LogP contribution in [-0.2, 0) is 22.6 Å². The fraction of sp³-hybridized carbons (Fsp3) is 0.500. The van der Waals surface area contributed by atoms with Gasteiger partial charge in [0.15, 0.2) is 0 Å². The van der Waals surface area contributed by atoms with Gasteiger partial charge in [-0.15, -0.1) is 11.3 Å². The summed E-state index contributed by atoms with van der Waals surface area (Å²) in [5, 5.41) is 11.1. The number of carboxylic acid groups (broad SMARTS) is 1. The van der Waals surface area contributed by atoms with Gasteiger partial charge in [-0.2, -0.15) is 0 Å². The third-order valence-electron chi connectivity index (χ3n) is 3.16. The smallest absolute Gasteiger partial charge is 0.318 e. The van der Waals surface area contributed by atoms with Gasteiger partial charge in [-0.3, -0.25) is 9.59 Å². The summed E-state index contributed by atoms with van der Waals surface area (Å²) < 4.78 is 0. The number of carbonyl (C=O) groups is 2. The van der Waals surface area contributed by atoms with Gasteiger partial charge in [-0.05, 0) is 37.3 Å². The second kappa shape index (κ2) is 4.14. The zero-order chi connectivity index (χ0) is 12.6. The molecule has 92 valence electrons. The SMILES string of the molecule is CC(C)(C(=O)O)C(=O)N1CCc2sccc2C1. The normalized spacial score (nSPS) is 15.5. The van der Waals surface area contributed by atoms with E-state index in [2.05, 4.69) is 0 Å². The molecule has 1 amide bonds. The minimum Gasteiger partial charge on any atom is -0.480 e. The molecule has 2 rings (SSSR count). The molecule has 0 radical (unpaired) electrons. The third-order valence-corrected chi connectivity index (χ3v) is 4.19. The molecule has 5 heteroatoms. The molecule has 17 heavy (non-hydrogen) atoms. The molecule has 0 saturated carbocycles. The highest BCUT2D eigenvalue weighted by atomic mass is 32.1. The van der Waals surface area contributed by atoms with Crippen molar-refractivity contribution in [3.63, 3.8) is 0 Å². The molecule has 1 N–H and O–H groups in total. The Morgan fingerprint density at radius 3 is 2.82 bits per heavy atom. The number of nitrogens with zero attached hydrogens (tertiary/aromatic N) is 1. The Labute approximate surface area is 104 Å². The lowest BCUT2D eigenvalue weighted by atomic mass is 9.91. The van der Waals surface area contributed by atoms with E-state index in [4.69, 9.17) is 5.11 Å². The van der Waals surface area contributed by atoms with E-state index in [-0.39, 0.29) is 5.91 Å². The van der Waals surface area contributed by atoms with Crippen LogP contribution in [0.15, 0.2) is 11.4 Å². The lowest BCUT2D eigenvalue weighted by Gasteiger charge is -2.32. The minimum atomic E-state index is -1.34. The van der Waals surface area contributed by atoms with Crippen LogP contribution < -0.4 is 0 Å². The van der Waals surface area contributed by atoms with Crippen molar-refractivity contribution >= 4 is 23.2 Å². The van der Waals surface area contributed by atoms with E-state index in [0.29, 0.717) is 13.1 Å². The summed E-state index contributed by atoms with van der Waals surface area (Å²) in [6.45, 7) is 4.07. The zero-order valence-corrected chi connectivity index (χ0v) is 10.7. The van der Waals surface area contributed by atoms with Crippen LogP contribution in [0.25, 0.3) is 0 Å². The molecule has 4 nitrogen and oxygen atoms in total. The molecule has 1 aromatic rings. The summed E-state index contributed by atoms with van der Waals surface area (Å²) in [6, 6.07) is 2.01. The summed E-state index contributed by atoms with van der Waals surface area (Å²) in [7, 11) is 0. The van der Waals surface area contributed by atoms with Crippen molar-refractivity contribution in [3.8, 4) is 0 Å². The Bertz CT molecular complexity index is 464. The molecule has 1 aliphatic rings. The van der Waals surface area contributed by atoms with Crippen LogP contribution in [0.2, 0.25) is 0 Å². The molecule has 0 aliphatic carbocycles.